The number of nitro groups is 1. The lowest BCUT2D eigenvalue weighted by molar-refractivity contribution is -0.383. The number of hydrogen-bond acceptors (Lipinski definition) is 4. The minimum Gasteiger partial charge on any atom is -0.497 e. The third-order valence-electron chi connectivity index (χ3n) is 5.58. The van der Waals surface area contributed by atoms with E-state index in [4.69, 9.17) is 4.74 Å². The quantitative estimate of drug-likeness (QED) is 0.507. The van der Waals surface area contributed by atoms with Gasteiger partial charge in [0.2, 0.25) is 0 Å². The summed E-state index contributed by atoms with van der Waals surface area (Å²) < 4.78 is 5.25. The molecule has 7 nitrogen and oxygen atoms in total. The summed E-state index contributed by atoms with van der Waals surface area (Å²) in [6.07, 6.45) is 3.96. The lowest BCUT2D eigenvalue weighted by Crippen LogP contribution is -2.35. The molecular weight excluding hydrogens is 370 g/mol. The number of nitro benzene ring substituents is 1. The number of fused-ring (bicyclic) bond motifs is 1. The Hall–Kier alpha value is -3.35. The molecule has 0 radical (unpaired) electrons. The van der Waals surface area contributed by atoms with Crippen molar-refractivity contribution in [1.82, 2.24) is 9.88 Å². The first-order valence-electron chi connectivity index (χ1n) is 9.79. The molecule has 0 saturated carbocycles. The molecule has 3 aromatic rings. The van der Waals surface area contributed by atoms with Crippen molar-refractivity contribution in [2.24, 2.45) is 0 Å². The van der Waals surface area contributed by atoms with Gasteiger partial charge in [0.05, 0.1) is 18.1 Å². The van der Waals surface area contributed by atoms with Crippen LogP contribution in [0.3, 0.4) is 0 Å². The number of benzene rings is 2. The van der Waals surface area contributed by atoms with Crippen LogP contribution >= 0.6 is 0 Å². The van der Waals surface area contributed by atoms with Crippen LogP contribution in [0.4, 0.5) is 5.69 Å². The van der Waals surface area contributed by atoms with Crippen LogP contribution in [0.5, 0.6) is 5.75 Å². The number of hydrogen-bond donors (Lipinski definition) is 1. The summed E-state index contributed by atoms with van der Waals surface area (Å²) in [5, 5.41) is 12.0. The number of nitrogens with one attached hydrogen (secondary N) is 1. The summed E-state index contributed by atoms with van der Waals surface area (Å²) in [5.41, 5.74) is 1.82. The van der Waals surface area contributed by atoms with Crippen molar-refractivity contribution in [3.05, 3.63) is 69.9 Å². The number of likely N-dealkylation sites (tertiary alicyclic amines) is 1. The second-order valence-corrected chi connectivity index (χ2v) is 7.32. The molecule has 0 spiro atoms. The normalized spacial score (nSPS) is 17.1. The van der Waals surface area contributed by atoms with Gasteiger partial charge in [0.25, 0.3) is 11.6 Å². The van der Waals surface area contributed by atoms with Crippen LogP contribution in [-0.2, 0) is 0 Å². The number of carbonyl (C=O) groups excluding carboxylic acids is 1. The van der Waals surface area contributed by atoms with Gasteiger partial charge in [0.15, 0.2) is 0 Å². The van der Waals surface area contributed by atoms with Crippen molar-refractivity contribution in [2.75, 3.05) is 13.7 Å². The van der Waals surface area contributed by atoms with Crippen LogP contribution in [-0.4, -0.2) is 34.4 Å². The van der Waals surface area contributed by atoms with E-state index in [0.29, 0.717) is 23.1 Å². The van der Waals surface area contributed by atoms with Gasteiger partial charge < -0.3 is 14.6 Å². The van der Waals surface area contributed by atoms with E-state index in [0.717, 1.165) is 37.0 Å². The number of para-hydroxylation sites is 1. The van der Waals surface area contributed by atoms with E-state index in [-0.39, 0.29) is 17.6 Å². The Labute approximate surface area is 168 Å². The predicted molar refractivity (Wildman–Crippen MR) is 110 cm³/mol. The maximum absolute atomic E-state index is 13.4. The molecule has 1 N–H and O–H groups in total. The first-order chi connectivity index (χ1) is 14.1. The average Bonchev–Trinajstić information content (AvgIpc) is 3.03. The summed E-state index contributed by atoms with van der Waals surface area (Å²) in [7, 11) is 1.63. The fourth-order valence-electron chi connectivity index (χ4n) is 4.09. The van der Waals surface area contributed by atoms with E-state index in [1.165, 1.54) is 6.07 Å². The van der Waals surface area contributed by atoms with Crippen molar-refractivity contribution in [2.45, 2.75) is 31.7 Å². The summed E-state index contributed by atoms with van der Waals surface area (Å²) >= 11 is 0. The Morgan fingerprint density at radius 1 is 1.17 bits per heavy atom. The fraction of sp³-hybridized carbons (Fsp3) is 0.318. The second kappa shape index (κ2) is 7.95. The Morgan fingerprint density at radius 2 is 1.97 bits per heavy atom. The number of ether oxygens (including phenoxy) is 1. The molecule has 1 fully saturated rings. The maximum Gasteiger partial charge on any atom is 0.293 e. The van der Waals surface area contributed by atoms with E-state index >= 15 is 0 Å². The highest BCUT2D eigenvalue weighted by molar-refractivity contribution is 6.00. The molecule has 1 atom stereocenters. The van der Waals surface area contributed by atoms with Crippen molar-refractivity contribution < 1.29 is 14.5 Å². The number of rotatable bonds is 4. The van der Waals surface area contributed by atoms with Gasteiger partial charge in [-0.15, -0.1) is 0 Å². The van der Waals surface area contributed by atoms with E-state index in [1.54, 1.807) is 25.3 Å². The molecule has 2 heterocycles. The summed E-state index contributed by atoms with van der Waals surface area (Å²) in [6.45, 7) is 0.660. The Kier molecular flexibility index (Phi) is 5.20. The standard InChI is InChI=1S/C22H23N3O4/c1-29-17-11-9-15(10-12-17)19-7-3-2-4-13-24(19)22(26)18-14-16-6-5-8-20(25(27)28)21(16)23-18/h5-6,8-12,14,19,23H,2-4,7,13H2,1H3. The molecule has 2 aromatic carbocycles. The third kappa shape index (κ3) is 3.68. The van der Waals surface area contributed by atoms with Crippen LogP contribution in [0.1, 0.15) is 47.8 Å². The molecule has 1 aromatic heterocycles. The SMILES string of the molecule is COc1ccc(C2CCCCCN2C(=O)c2cc3cccc([N+](=O)[O-])c3[nH]2)cc1. The topological polar surface area (TPSA) is 88.5 Å². The second-order valence-electron chi connectivity index (χ2n) is 7.32. The number of aromatic nitrogens is 1. The number of methoxy groups -OCH3 is 1. The van der Waals surface area contributed by atoms with Crippen LogP contribution in [0.2, 0.25) is 0 Å². The minimum absolute atomic E-state index is 0.0240. The number of H-pyrrole nitrogens is 1. The highest BCUT2D eigenvalue weighted by Crippen LogP contribution is 2.33. The van der Waals surface area contributed by atoms with Crippen molar-refractivity contribution in [3.63, 3.8) is 0 Å². The van der Waals surface area contributed by atoms with E-state index in [2.05, 4.69) is 4.98 Å². The molecular formula is C22H23N3O4. The zero-order chi connectivity index (χ0) is 20.4. The van der Waals surface area contributed by atoms with Crippen LogP contribution in [0.15, 0.2) is 48.5 Å². The largest absolute Gasteiger partial charge is 0.497 e. The molecule has 29 heavy (non-hydrogen) atoms. The number of non-ortho nitro benzene ring substituents is 1. The maximum atomic E-state index is 13.4. The van der Waals surface area contributed by atoms with Gasteiger partial charge >= 0.3 is 0 Å². The number of nitrogens with zero attached hydrogens (tertiary/aromatic N) is 2. The highest BCUT2D eigenvalue weighted by Gasteiger charge is 2.29. The van der Waals surface area contributed by atoms with Crippen molar-refractivity contribution in [1.29, 1.82) is 0 Å². The van der Waals surface area contributed by atoms with Crippen molar-refractivity contribution >= 4 is 22.5 Å². The first kappa shape index (κ1) is 19.0. The zero-order valence-electron chi connectivity index (χ0n) is 16.3. The molecule has 0 bridgehead atoms. The molecule has 1 unspecified atom stereocenters. The lowest BCUT2D eigenvalue weighted by Gasteiger charge is -2.30. The van der Waals surface area contributed by atoms with Crippen molar-refractivity contribution in [3.8, 4) is 5.75 Å². The monoisotopic (exact) mass is 393 g/mol. The van der Waals surface area contributed by atoms with Gasteiger partial charge in [0, 0.05) is 18.0 Å². The molecule has 1 aliphatic heterocycles. The minimum atomic E-state index is -0.431. The molecule has 7 heteroatoms. The Balaban J connectivity index is 1.70. The number of aromatic amines is 1. The average molecular weight is 393 g/mol. The van der Waals surface area contributed by atoms with Gasteiger partial charge in [-0.05, 0) is 36.6 Å². The van der Waals surface area contributed by atoms with E-state index in [1.807, 2.05) is 29.2 Å². The van der Waals surface area contributed by atoms with Crippen LogP contribution in [0.25, 0.3) is 10.9 Å². The van der Waals surface area contributed by atoms with Gasteiger partial charge in [-0.3, -0.25) is 14.9 Å². The Morgan fingerprint density at radius 3 is 2.69 bits per heavy atom. The molecule has 150 valence electrons. The smallest absolute Gasteiger partial charge is 0.293 e. The molecule has 1 aliphatic rings. The van der Waals surface area contributed by atoms with Gasteiger partial charge in [-0.2, -0.15) is 0 Å². The Bertz CT molecular complexity index is 1040. The lowest BCUT2D eigenvalue weighted by atomic mass is 10.0. The summed E-state index contributed by atoms with van der Waals surface area (Å²) in [5.74, 6) is 0.654. The summed E-state index contributed by atoms with van der Waals surface area (Å²) in [6, 6.07) is 14.4. The number of carbonyl (C=O) groups is 1. The third-order valence-corrected chi connectivity index (χ3v) is 5.58. The number of amides is 1. The molecule has 0 aliphatic carbocycles. The van der Waals surface area contributed by atoms with E-state index in [9.17, 15) is 14.9 Å². The molecule has 1 amide bonds. The molecule has 4 rings (SSSR count). The first-order valence-corrected chi connectivity index (χ1v) is 9.79. The van der Waals surface area contributed by atoms with Crippen LogP contribution < -0.4 is 4.74 Å². The highest BCUT2D eigenvalue weighted by atomic mass is 16.6. The van der Waals surface area contributed by atoms with Gasteiger partial charge in [-0.25, -0.2) is 0 Å². The molecule has 1 saturated heterocycles. The zero-order valence-corrected chi connectivity index (χ0v) is 16.3. The fourth-order valence-corrected chi connectivity index (χ4v) is 4.09. The van der Waals surface area contributed by atoms with E-state index < -0.39 is 4.92 Å². The predicted octanol–water partition coefficient (Wildman–Crippen LogP) is 4.84. The van der Waals surface area contributed by atoms with Crippen LogP contribution in [0, 0.1) is 10.1 Å². The van der Waals surface area contributed by atoms with Gasteiger partial charge in [0.1, 0.15) is 17.0 Å². The van der Waals surface area contributed by atoms with Gasteiger partial charge in [-0.1, -0.05) is 37.1 Å². The summed E-state index contributed by atoms with van der Waals surface area (Å²) in [4.78, 5) is 29.2.